The molecule has 0 saturated heterocycles. The normalized spacial score (nSPS) is 11.9. The molecule has 1 amide bonds. The van der Waals surface area contributed by atoms with Gasteiger partial charge in [-0.25, -0.2) is 4.79 Å². The lowest BCUT2D eigenvalue weighted by molar-refractivity contribution is -0.148. The largest absolute Gasteiger partial charge is 0.497 e. The molecule has 0 spiro atoms. The number of hydrogen-bond donors (Lipinski definition) is 1. The average Bonchev–Trinajstić information content (AvgIpc) is 3.07. The lowest BCUT2D eigenvalue weighted by atomic mass is 10.3. The summed E-state index contributed by atoms with van der Waals surface area (Å²) in [5, 5.41) is 6.49. The van der Waals surface area contributed by atoms with Gasteiger partial charge in [0.1, 0.15) is 5.75 Å². The zero-order valence-corrected chi connectivity index (χ0v) is 13.6. The molecule has 6 heteroatoms. The summed E-state index contributed by atoms with van der Waals surface area (Å²) in [5.74, 6) is -0.262. The van der Waals surface area contributed by atoms with Gasteiger partial charge in [-0.2, -0.15) is 11.3 Å². The van der Waals surface area contributed by atoms with Crippen molar-refractivity contribution in [3.8, 4) is 5.75 Å². The van der Waals surface area contributed by atoms with Crippen molar-refractivity contribution in [3.05, 3.63) is 52.7 Å². The molecular formula is C17H17NO4S. The van der Waals surface area contributed by atoms with Crippen LogP contribution in [0.1, 0.15) is 12.5 Å². The van der Waals surface area contributed by atoms with Crippen LogP contribution in [-0.4, -0.2) is 25.1 Å². The Hall–Kier alpha value is -2.60. The third-order valence-corrected chi connectivity index (χ3v) is 3.68. The van der Waals surface area contributed by atoms with E-state index in [0.717, 1.165) is 5.56 Å². The third kappa shape index (κ3) is 5.27. The fourth-order valence-corrected chi connectivity index (χ4v) is 2.35. The summed E-state index contributed by atoms with van der Waals surface area (Å²) in [6.45, 7) is 1.52. The van der Waals surface area contributed by atoms with Crippen molar-refractivity contribution in [2.75, 3.05) is 12.4 Å². The number of ether oxygens (including phenoxy) is 2. The molecule has 1 atom stereocenters. The number of amides is 1. The van der Waals surface area contributed by atoms with Crippen LogP contribution in [-0.2, 0) is 14.3 Å². The van der Waals surface area contributed by atoms with E-state index in [0.29, 0.717) is 11.4 Å². The van der Waals surface area contributed by atoms with Crippen LogP contribution in [0.15, 0.2) is 47.2 Å². The molecule has 0 unspecified atom stereocenters. The molecule has 5 nitrogen and oxygen atoms in total. The standard InChI is InChI=1S/C17H17NO4S/c1-12(22-16(19)8-3-13-9-10-23-11-13)17(20)18-14-4-6-15(21-2)7-5-14/h3-12H,1-2H3,(H,18,20)/b8-3+/t12-/m1/s1. The first kappa shape index (κ1) is 16.8. The van der Waals surface area contributed by atoms with Gasteiger partial charge in [-0.1, -0.05) is 0 Å². The van der Waals surface area contributed by atoms with E-state index >= 15 is 0 Å². The van der Waals surface area contributed by atoms with Gasteiger partial charge in [0.05, 0.1) is 7.11 Å². The van der Waals surface area contributed by atoms with Crippen LogP contribution in [0.4, 0.5) is 5.69 Å². The maximum atomic E-state index is 12.0. The molecule has 1 N–H and O–H groups in total. The third-order valence-electron chi connectivity index (χ3n) is 2.97. The van der Waals surface area contributed by atoms with Crippen LogP contribution < -0.4 is 10.1 Å². The van der Waals surface area contributed by atoms with E-state index in [1.807, 2.05) is 16.8 Å². The number of rotatable bonds is 6. The number of nitrogens with one attached hydrogen (secondary N) is 1. The first-order valence-corrected chi connectivity index (χ1v) is 7.88. The van der Waals surface area contributed by atoms with Crippen molar-refractivity contribution in [1.82, 2.24) is 0 Å². The van der Waals surface area contributed by atoms with E-state index in [-0.39, 0.29) is 0 Å². The minimum atomic E-state index is -0.892. The van der Waals surface area contributed by atoms with E-state index in [9.17, 15) is 9.59 Å². The SMILES string of the molecule is COc1ccc(NC(=O)[C@@H](C)OC(=O)/C=C/c2ccsc2)cc1. The van der Waals surface area contributed by atoms with Crippen LogP contribution in [0, 0.1) is 0 Å². The Balaban J connectivity index is 1.85. The summed E-state index contributed by atoms with van der Waals surface area (Å²) in [6.07, 6.45) is 2.06. The van der Waals surface area contributed by atoms with Crippen molar-refractivity contribution in [1.29, 1.82) is 0 Å². The molecule has 2 aromatic rings. The van der Waals surface area contributed by atoms with Gasteiger partial charge < -0.3 is 14.8 Å². The number of thiophene rings is 1. The Bertz CT molecular complexity index is 677. The molecule has 0 radical (unpaired) electrons. The summed E-state index contributed by atoms with van der Waals surface area (Å²) >= 11 is 1.54. The molecule has 23 heavy (non-hydrogen) atoms. The maximum absolute atomic E-state index is 12.0. The van der Waals surface area contributed by atoms with Crippen molar-refractivity contribution in [3.63, 3.8) is 0 Å². The zero-order chi connectivity index (χ0) is 16.7. The van der Waals surface area contributed by atoms with Gasteiger partial charge in [0.2, 0.25) is 0 Å². The predicted octanol–water partition coefficient (Wildman–Crippen LogP) is 3.34. The van der Waals surface area contributed by atoms with Crippen LogP contribution >= 0.6 is 11.3 Å². The number of esters is 1. The molecule has 1 aromatic heterocycles. The minimum Gasteiger partial charge on any atom is -0.497 e. The summed E-state index contributed by atoms with van der Waals surface area (Å²) < 4.78 is 10.1. The van der Waals surface area contributed by atoms with Crippen molar-refractivity contribution >= 4 is 35.0 Å². The Morgan fingerprint density at radius 3 is 2.57 bits per heavy atom. The van der Waals surface area contributed by atoms with Crippen LogP contribution in [0.2, 0.25) is 0 Å². The molecule has 1 heterocycles. The molecule has 0 fully saturated rings. The Morgan fingerprint density at radius 2 is 1.96 bits per heavy atom. The molecule has 0 aliphatic carbocycles. The Kier molecular flexibility index (Phi) is 5.94. The lowest BCUT2D eigenvalue weighted by Gasteiger charge is -2.12. The van der Waals surface area contributed by atoms with E-state index in [4.69, 9.17) is 9.47 Å². The van der Waals surface area contributed by atoms with E-state index < -0.39 is 18.0 Å². The van der Waals surface area contributed by atoms with E-state index in [1.165, 1.54) is 24.3 Å². The summed E-state index contributed by atoms with van der Waals surface area (Å²) in [4.78, 5) is 23.7. The second kappa shape index (κ2) is 8.14. The monoisotopic (exact) mass is 331 g/mol. The van der Waals surface area contributed by atoms with Crippen LogP contribution in [0.5, 0.6) is 5.75 Å². The minimum absolute atomic E-state index is 0.396. The second-order valence-corrected chi connectivity index (χ2v) is 5.47. The number of anilines is 1. The smallest absolute Gasteiger partial charge is 0.331 e. The average molecular weight is 331 g/mol. The van der Waals surface area contributed by atoms with E-state index in [1.54, 1.807) is 37.5 Å². The lowest BCUT2D eigenvalue weighted by Crippen LogP contribution is -2.29. The number of carbonyl (C=O) groups is 2. The predicted molar refractivity (Wildman–Crippen MR) is 90.5 cm³/mol. The molecule has 0 saturated carbocycles. The number of carbonyl (C=O) groups excluding carboxylic acids is 2. The van der Waals surface area contributed by atoms with Crippen molar-refractivity contribution < 1.29 is 19.1 Å². The highest BCUT2D eigenvalue weighted by Crippen LogP contribution is 2.15. The highest BCUT2D eigenvalue weighted by molar-refractivity contribution is 7.08. The summed E-state index contributed by atoms with van der Waals surface area (Å²) in [5.41, 5.74) is 1.52. The molecule has 120 valence electrons. The van der Waals surface area contributed by atoms with Crippen molar-refractivity contribution in [2.45, 2.75) is 13.0 Å². The fourth-order valence-electron chi connectivity index (χ4n) is 1.72. The van der Waals surface area contributed by atoms with Gasteiger partial charge >= 0.3 is 5.97 Å². The molecule has 0 aliphatic heterocycles. The number of benzene rings is 1. The van der Waals surface area contributed by atoms with Crippen LogP contribution in [0.25, 0.3) is 6.08 Å². The Morgan fingerprint density at radius 1 is 1.22 bits per heavy atom. The fraction of sp³-hybridized carbons (Fsp3) is 0.176. The Labute approximate surface area is 138 Å². The highest BCUT2D eigenvalue weighted by atomic mass is 32.1. The zero-order valence-electron chi connectivity index (χ0n) is 12.8. The molecule has 1 aromatic carbocycles. The molecule has 0 aliphatic rings. The first-order valence-electron chi connectivity index (χ1n) is 6.94. The molecular weight excluding hydrogens is 314 g/mol. The van der Waals surface area contributed by atoms with Crippen LogP contribution in [0.3, 0.4) is 0 Å². The summed E-state index contributed by atoms with van der Waals surface area (Å²) in [6, 6.07) is 8.77. The first-order chi connectivity index (χ1) is 11.1. The summed E-state index contributed by atoms with van der Waals surface area (Å²) in [7, 11) is 1.57. The van der Waals surface area contributed by atoms with E-state index in [2.05, 4.69) is 5.32 Å². The van der Waals surface area contributed by atoms with Gasteiger partial charge in [0.15, 0.2) is 6.10 Å². The highest BCUT2D eigenvalue weighted by Gasteiger charge is 2.16. The van der Waals surface area contributed by atoms with Gasteiger partial charge in [0, 0.05) is 11.8 Å². The van der Waals surface area contributed by atoms with Gasteiger partial charge in [-0.15, -0.1) is 0 Å². The quantitative estimate of drug-likeness (QED) is 0.651. The molecule has 0 bridgehead atoms. The van der Waals surface area contributed by atoms with Crippen molar-refractivity contribution in [2.24, 2.45) is 0 Å². The topological polar surface area (TPSA) is 64.6 Å². The van der Waals surface area contributed by atoms with Gasteiger partial charge in [0.25, 0.3) is 5.91 Å². The molecule has 2 rings (SSSR count). The van der Waals surface area contributed by atoms with Gasteiger partial charge in [-0.3, -0.25) is 4.79 Å². The second-order valence-electron chi connectivity index (χ2n) is 4.69. The van der Waals surface area contributed by atoms with Gasteiger partial charge in [-0.05, 0) is 59.7 Å². The maximum Gasteiger partial charge on any atom is 0.331 e. The number of hydrogen-bond acceptors (Lipinski definition) is 5. The number of methoxy groups -OCH3 is 1.